The van der Waals surface area contributed by atoms with E-state index >= 15 is 0 Å². The molecule has 0 fully saturated rings. The minimum Gasteiger partial charge on any atom is -0.437 e. The van der Waals surface area contributed by atoms with Crippen molar-refractivity contribution in [2.24, 2.45) is 5.92 Å². The van der Waals surface area contributed by atoms with Crippen molar-refractivity contribution in [1.29, 1.82) is 0 Å². The highest BCUT2D eigenvalue weighted by Crippen LogP contribution is 2.31. The van der Waals surface area contributed by atoms with Crippen molar-refractivity contribution in [2.75, 3.05) is 0 Å². The maximum absolute atomic E-state index is 11.1. The van der Waals surface area contributed by atoms with Gasteiger partial charge in [0, 0.05) is 36.6 Å². The molecule has 3 aromatic rings. The first-order chi connectivity index (χ1) is 13.5. The summed E-state index contributed by atoms with van der Waals surface area (Å²) in [6.45, 7) is 3.61. The van der Waals surface area contributed by atoms with Crippen LogP contribution < -0.4 is 4.74 Å². The zero-order chi connectivity index (χ0) is 19.9. The van der Waals surface area contributed by atoms with Crippen LogP contribution in [0.2, 0.25) is 5.02 Å². The van der Waals surface area contributed by atoms with Crippen molar-refractivity contribution in [3.8, 4) is 23.0 Å². The van der Waals surface area contributed by atoms with Crippen LogP contribution in [0.4, 0.5) is 0 Å². The summed E-state index contributed by atoms with van der Waals surface area (Å²) in [6.07, 6.45) is 9.56. The zero-order valence-corrected chi connectivity index (χ0v) is 16.4. The molecule has 0 aliphatic rings. The molecule has 5 nitrogen and oxygen atoms in total. The van der Waals surface area contributed by atoms with Gasteiger partial charge in [0.1, 0.15) is 11.5 Å². The van der Waals surface area contributed by atoms with Crippen LogP contribution in [-0.4, -0.2) is 20.7 Å². The van der Waals surface area contributed by atoms with E-state index in [9.17, 15) is 4.79 Å². The van der Waals surface area contributed by atoms with Gasteiger partial charge < -0.3 is 9.53 Å². The van der Waals surface area contributed by atoms with Gasteiger partial charge in [-0.1, -0.05) is 30.7 Å². The number of ether oxygens (including phenoxy) is 1. The third-order valence-electron chi connectivity index (χ3n) is 3.96. The number of hydrogen-bond donors (Lipinski definition) is 0. The average Bonchev–Trinajstić information content (AvgIpc) is 2.69. The Balaban J connectivity index is 1.67. The van der Waals surface area contributed by atoms with Crippen LogP contribution >= 0.6 is 11.6 Å². The average molecular weight is 394 g/mol. The molecule has 0 aliphatic heterocycles. The molecular formula is C22H20ClN3O2. The number of nitrogens with zero attached hydrogens (tertiary/aromatic N) is 3. The summed E-state index contributed by atoms with van der Waals surface area (Å²) < 4.78 is 5.78. The number of carbonyl (C=O) groups excluding carboxylic acids is 1. The molecule has 6 heteroatoms. The third-order valence-corrected chi connectivity index (χ3v) is 4.25. The first-order valence-corrected chi connectivity index (χ1v) is 9.27. The zero-order valence-electron chi connectivity index (χ0n) is 15.7. The molecule has 2 aromatic heterocycles. The Labute approximate surface area is 169 Å². The lowest BCUT2D eigenvalue weighted by Gasteiger charge is -2.08. The molecular weight excluding hydrogens is 374 g/mol. The molecule has 0 saturated carbocycles. The molecule has 0 N–H and O–H groups in total. The molecule has 1 aromatic carbocycles. The molecule has 0 radical (unpaired) electrons. The molecule has 0 bridgehead atoms. The maximum Gasteiger partial charge on any atom is 0.219 e. The number of ketones is 1. The van der Waals surface area contributed by atoms with E-state index in [1.54, 1.807) is 49.8 Å². The van der Waals surface area contributed by atoms with Gasteiger partial charge in [-0.3, -0.25) is 0 Å². The van der Waals surface area contributed by atoms with Gasteiger partial charge >= 0.3 is 0 Å². The normalized spacial score (nSPS) is 12.1. The molecule has 0 spiro atoms. The lowest BCUT2D eigenvalue weighted by molar-refractivity contribution is -0.117. The lowest BCUT2D eigenvalue weighted by atomic mass is 10.0. The van der Waals surface area contributed by atoms with Gasteiger partial charge in [-0.25, -0.2) is 15.0 Å². The monoisotopic (exact) mass is 393 g/mol. The van der Waals surface area contributed by atoms with Crippen LogP contribution in [0, 0.1) is 5.92 Å². The first kappa shape index (κ1) is 19.7. The molecule has 28 heavy (non-hydrogen) atoms. The van der Waals surface area contributed by atoms with Crippen molar-refractivity contribution in [1.82, 2.24) is 15.0 Å². The van der Waals surface area contributed by atoms with Gasteiger partial charge in [0.25, 0.3) is 0 Å². The molecule has 142 valence electrons. The number of rotatable bonds is 7. The summed E-state index contributed by atoms with van der Waals surface area (Å²) in [7, 11) is 0. The molecule has 0 aliphatic carbocycles. The molecule has 0 unspecified atom stereocenters. The number of allylic oxidation sites excluding steroid dienone is 1. The standard InChI is InChI=1S/C22H20ClN3O2/c1-15(12-16(2)27)4-5-17-6-9-21(26-14-17)28-20-8-7-18(13-19(20)23)22-24-10-3-11-25-22/h3-11,13-15H,12H2,1-2H3/b5-4+/t15-/m0/s1. The first-order valence-electron chi connectivity index (χ1n) is 8.90. The second-order valence-corrected chi connectivity index (χ2v) is 6.90. The Morgan fingerprint density at radius 3 is 2.61 bits per heavy atom. The number of hydrogen-bond acceptors (Lipinski definition) is 5. The summed E-state index contributed by atoms with van der Waals surface area (Å²) in [5, 5.41) is 0.453. The van der Waals surface area contributed by atoms with Crippen LogP contribution in [0.15, 0.2) is 61.1 Å². The highest BCUT2D eigenvalue weighted by molar-refractivity contribution is 6.32. The Morgan fingerprint density at radius 1 is 1.18 bits per heavy atom. The Bertz CT molecular complexity index is 973. The van der Waals surface area contributed by atoms with Crippen LogP contribution in [0.3, 0.4) is 0 Å². The third kappa shape index (κ3) is 5.47. The smallest absolute Gasteiger partial charge is 0.219 e. The summed E-state index contributed by atoms with van der Waals surface area (Å²) >= 11 is 6.34. The van der Waals surface area contributed by atoms with E-state index in [4.69, 9.17) is 16.3 Å². The number of Topliss-reactive ketones (excluding diaryl/α,β-unsaturated/α-hetero) is 1. The van der Waals surface area contributed by atoms with E-state index in [0.29, 0.717) is 28.9 Å². The predicted octanol–water partition coefficient (Wildman–Crippen LogP) is 5.61. The van der Waals surface area contributed by atoms with Gasteiger partial charge in [-0.05, 0) is 48.7 Å². The van der Waals surface area contributed by atoms with Crippen molar-refractivity contribution in [2.45, 2.75) is 20.3 Å². The molecule has 0 saturated heterocycles. The quantitative estimate of drug-likeness (QED) is 0.521. The molecule has 1 atom stereocenters. The fourth-order valence-electron chi connectivity index (χ4n) is 2.63. The summed E-state index contributed by atoms with van der Waals surface area (Å²) in [5.41, 5.74) is 1.75. The van der Waals surface area contributed by atoms with Crippen molar-refractivity contribution >= 4 is 23.5 Å². The van der Waals surface area contributed by atoms with E-state index in [1.807, 2.05) is 31.2 Å². The Kier molecular flexibility index (Phi) is 6.50. The maximum atomic E-state index is 11.1. The highest BCUT2D eigenvalue weighted by Gasteiger charge is 2.08. The number of carbonyl (C=O) groups is 1. The number of halogens is 1. The number of pyridine rings is 1. The second kappa shape index (κ2) is 9.24. The van der Waals surface area contributed by atoms with Crippen LogP contribution in [-0.2, 0) is 4.79 Å². The molecule has 3 rings (SSSR count). The van der Waals surface area contributed by atoms with Gasteiger partial charge in [-0.15, -0.1) is 0 Å². The van der Waals surface area contributed by atoms with Crippen LogP contribution in [0.5, 0.6) is 11.6 Å². The highest BCUT2D eigenvalue weighted by atomic mass is 35.5. The van der Waals surface area contributed by atoms with Gasteiger partial charge in [-0.2, -0.15) is 0 Å². The minimum atomic E-state index is 0.181. The van der Waals surface area contributed by atoms with Gasteiger partial charge in [0.2, 0.25) is 5.88 Å². The molecule has 2 heterocycles. The Hall–Kier alpha value is -3.05. The summed E-state index contributed by atoms with van der Waals surface area (Å²) in [4.78, 5) is 23.9. The van der Waals surface area contributed by atoms with Gasteiger partial charge in [0.15, 0.2) is 5.82 Å². The summed E-state index contributed by atoms with van der Waals surface area (Å²) in [6, 6.07) is 10.8. The summed E-state index contributed by atoms with van der Waals surface area (Å²) in [5.74, 6) is 1.93. The van der Waals surface area contributed by atoms with E-state index in [1.165, 1.54) is 0 Å². The fourth-order valence-corrected chi connectivity index (χ4v) is 2.85. The van der Waals surface area contributed by atoms with Crippen molar-refractivity contribution in [3.05, 3.63) is 71.7 Å². The van der Waals surface area contributed by atoms with Crippen LogP contribution in [0.25, 0.3) is 17.5 Å². The largest absolute Gasteiger partial charge is 0.437 e. The number of aromatic nitrogens is 3. The minimum absolute atomic E-state index is 0.181. The lowest BCUT2D eigenvalue weighted by Crippen LogP contribution is -1.97. The van der Waals surface area contributed by atoms with Crippen molar-refractivity contribution < 1.29 is 9.53 Å². The van der Waals surface area contributed by atoms with E-state index in [0.717, 1.165) is 11.1 Å². The molecule has 0 amide bonds. The fraction of sp³-hybridized carbons (Fsp3) is 0.182. The van der Waals surface area contributed by atoms with E-state index < -0.39 is 0 Å². The predicted molar refractivity (Wildman–Crippen MR) is 110 cm³/mol. The second-order valence-electron chi connectivity index (χ2n) is 6.49. The number of benzene rings is 1. The van der Waals surface area contributed by atoms with E-state index in [2.05, 4.69) is 15.0 Å². The van der Waals surface area contributed by atoms with E-state index in [-0.39, 0.29) is 11.7 Å². The topological polar surface area (TPSA) is 65.0 Å². The SMILES string of the molecule is CC(=O)C[C@@H](C)/C=C/c1ccc(Oc2ccc(-c3ncccn3)cc2Cl)nc1. The Morgan fingerprint density at radius 2 is 1.96 bits per heavy atom. The van der Waals surface area contributed by atoms with Crippen LogP contribution in [0.1, 0.15) is 25.8 Å². The van der Waals surface area contributed by atoms with Crippen molar-refractivity contribution in [3.63, 3.8) is 0 Å². The van der Waals surface area contributed by atoms with Gasteiger partial charge in [0.05, 0.1) is 5.02 Å².